The maximum Gasteiger partial charge on any atom is 0.0651 e. The minimum Gasteiger partial charge on any atom is -0.376 e. The molecule has 19 heavy (non-hydrogen) atoms. The van der Waals surface area contributed by atoms with Crippen LogP contribution in [0.1, 0.15) is 11.6 Å². The van der Waals surface area contributed by atoms with Gasteiger partial charge in [-0.25, -0.2) is 0 Å². The molecular weight excluding hydrogens is 303 g/mol. The summed E-state index contributed by atoms with van der Waals surface area (Å²) in [6, 6.07) is 12.7. The Labute approximate surface area is 127 Å². The molecule has 2 nitrogen and oxygen atoms in total. The Balaban J connectivity index is 2.30. The van der Waals surface area contributed by atoms with Gasteiger partial charge in [-0.3, -0.25) is 0 Å². The number of halogens is 3. The molecule has 1 unspecified atom stereocenters. The first-order valence-electron chi connectivity index (χ1n) is 5.78. The lowest BCUT2D eigenvalue weighted by atomic mass is 10.1. The number of anilines is 1. The van der Waals surface area contributed by atoms with Gasteiger partial charge < -0.3 is 11.1 Å². The van der Waals surface area contributed by atoms with Crippen molar-refractivity contribution < 1.29 is 0 Å². The van der Waals surface area contributed by atoms with Crippen molar-refractivity contribution in [3.63, 3.8) is 0 Å². The van der Waals surface area contributed by atoms with Crippen molar-refractivity contribution in [3.8, 4) is 0 Å². The Morgan fingerprint density at radius 3 is 2.42 bits per heavy atom. The molecule has 1 atom stereocenters. The van der Waals surface area contributed by atoms with Gasteiger partial charge >= 0.3 is 0 Å². The minimum absolute atomic E-state index is 0.147. The highest BCUT2D eigenvalue weighted by atomic mass is 35.5. The lowest BCUT2D eigenvalue weighted by Crippen LogP contribution is -2.21. The Hall–Kier alpha value is -0.930. The van der Waals surface area contributed by atoms with Gasteiger partial charge in [0.2, 0.25) is 0 Å². The molecule has 0 aliphatic heterocycles. The van der Waals surface area contributed by atoms with E-state index in [1.165, 1.54) is 0 Å². The standard InChI is InChI=1S/C14H13Cl3N2/c15-9-5-6-11(16)10(7-9)14(8-18)19-13-4-2-1-3-12(13)17/h1-7,14,19H,8,18H2. The Bertz CT molecular complexity index is 572. The number of hydrogen-bond donors (Lipinski definition) is 2. The SMILES string of the molecule is NCC(Nc1ccccc1Cl)c1cc(Cl)ccc1Cl. The largest absolute Gasteiger partial charge is 0.376 e. The molecule has 0 fully saturated rings. The third kappa shape index (κ3) is 3.54. The Morgan fingerprint density at radius 1 is 1.00 bits per heavy atom. The molecule has 2 rings (SSSR count). The van der Waals surface area contributed by atoms with Gasteiger partial charge in [0.05, 0.1) is 16.8 Å². The summed E-state index contributed by atoms with van der Waals surface area (Å²) in [5, 5.41) is 5.17. The van der Waals surface area contributed by atoms with Crippen LogP contribution in [0.15, 0.2) is 42.5 Å². The molecular formula is C14H13Cl3N2. The summed E-state index contributed by atoms with van der Waals surface area (Å²) in [4.78, 5) is 0. The molecule has 0 saturated carbocycles. The van der Waals surface area contributed by atoms with E-state index in [1.807, 2.05) is 30.3 Å². The summed E-state index contributed by atoms with van der Waals surface area (Å²) in [6.07, 6.45) is 0. The lowest BCUT2D eigenvalue weighted by molar-refractivity contribution is 0.790. The zero-order valence-corrected chi connectivity index (χ0v) is 12.3. The van der Waals surface area contributed by atoms with Crippen LogP contribution in [0.2, 0.25) is 15.1 Å². The second-order valence-electron chi connectivity index (χ2n) is 4.08. The molecule has 0 amide bonds. The maximum absolute atomic E-state index is 6.19. The van der Waals surface area contributed by atoms with Gasteiger partial charge in [-0.2, -0.15) is 0 Å². The van der Waals surface area contributed by atoms with Crippen LogP contribution < -0.4 is 11.1 Å². The van der Waals surface area contributed by atoms with Crippen LogP contribution in [0, 0.1) is 0 Å². The predicted octanol–water partition coefficient (Wildman–Crippen LogP) is 4.76. The highest BCUT2D eigenvalue weighted by Crippen LogP contribution is 2.30. The normalized spacial score (nSPS) is 12.2. The summed E-state index contributed by atoms with van der Waals surface area (Å²) >= 11 is 18.3. The van der Waals surface area contributed by atoms with Crippen molar-refractivity contribution in [2.24, 2.45) is 5.73 Å². The summed E-state index contributed by atoms with van der Waals surface area (Å²) in [7, 11) is 0. The molecule has 2 aromatic carbocycles. The lowest BCUT2D eigenvalue weighted by Gasteiger charge is -2.20. The zero-order chi connectivity index (χ0) is 13.8. The van der Waals surface area contributed by atoms with E-state index in [4.69, 9.17) is 40.5 Å². The minimum atomic E-state index is -0.147. The molecule has 0 aromatic heterocycles. The number of hydrogen-bond acceptors (Lipinski definition) is 2. The van der Waals surface area contributed by atoms with Crippen molar-refractivity contribution in [2.45, 2.75) is 6.04 Å². The predicted molar refractivity (Wildman–Crippen MR) is 83.3 cm³/mol. The first-order chi connectivity index (χ1) is 9.11. The number of nitrogens with one attached hydrogen (secondary N) is 1. The molecule has 0 heterocycles. The van der Waals surface area contributed by atoms with Gasteiger partial charge in [-0.05, 0) is 35.9 Å². The second kappa shape index (κ2) is 6.49. The molecule has 0 spiro atoms. The molecule has 5 heteroatoms. The van der Waals surface area contributed by atoms with E-state index in [9.17, 15) is 0 Å². The van der Waals surface area contributed by atoms with E-state index >= 15 is 0 Å². The smallest absolute Gasteiger partial charge is 0.0651 e. The molecule has 2 aromatic rings. The van der Waals surface area contributed by atoms with Crippen molar-refractivity contribution in [1.29, 1.82) is 0 Å². The van der Waals surface area contributed by atoms with Crippen LogP contribution >= 0.6 is 34.8 Å². The van der Waals surface area contributed by atoms with Crippen LogP contribution in [0.3, 0.4) is 0 Å². The number of nitrogens with two attached hydrogens (primary N) is 1. The zero-order valence-electron chi connectivity index (χ0n) is 10.0. The summed E-state index contributed by atoms with van der Waals surface area (Å²) < 4.78 is 0. The first-order valence-corrected chi connectivity index (χ1v) is 6.91. The van der Waals surface area contributed by atoms with Gasteiger partial charge in [-0.15, -0.1) is 0 Å². The van der Waals surface area contributed by atoms with Gasteiger partial charge in [0.25, 0.3) is 0 Å². The van der Waals surface area contributed by atoms with Crippen molar-refractivity contribution in [1.82, 2.24) is 0 Å². The van der Waals surface area contributed by atoms with Crippen molar-refractivity contribution >= 4 is 40.5 Å². The monoisotopic (exact) mass is 314 g/mol. The fourth-order valence-corrected chi connectivity index (χ4v) is 2.43. The first kappa shape index (κ1) is 14.5. The highest BCUT2D eigenvalue weighted by molar-refractivity contribution is 6.34. The van der Waals surface area contributed by atoms with Crippen LogP contribution in [0.4, 0.5) is 5.69 Å². The van der Waals surface area contributed by atoms with E-state index in [0.29, 0.717) is 21.6 Å². The number of para-hydroxylation sites is 1. The molecule has 100 valence electrons. The highest BCUT2D eigenvalue weighted by Gasteiger charge is 2.14. The average Bonchev–Trinajstić information content (AvgIpc) is 2.41. The summed E-state index contributed by atoms with van der Waals surface area (Å²) in [6.45, 7) is 0.380. The van der Waals surface area contributed by atoms with E-state index in [1.54, 1.807) is 12.1 Å². The van der Waals surface area contributed by atoms with Gasteiger partial charge in [-0.1, -0.05) is 46.9 Å². The average molecular weight is 316 g/mol. The number of benzene rings is 2. The fraction of sp³-hybridized carbons (Fsp3) is 0.143. The maximum atomic E-state index is 6.19. The van der Waals surface area contributed by atoms with E-state index in [-0.39, 0.29) is 6.04 Å². The quantitative estimate of drug-likeness (QED) is 0.853. The van der Waals surface area contributed by atoms with E-state index < -0.39 is 0 Å². The molecule has 0 saturated heterocycles. The summed E-state index contributed by atoms with van der Waals surface area (Å²) in [5.41, 5.74) is 7.49. The van der Waals surface area contributed by atoms with Gasteiger partial charge in [0.15, 0.2) is 0 Å². The van der Waals surface area contributed by atoms with Crippen LogP contribution in [-0.4, -0.2) is 6.54 Å². The Kier molecular flexibility index (Phi) is 4.94. The molecule has 0 bridgehead atoms. The van der Waals surface area contributed by atoms with Crippen LogP contribution in [-0.2, 0) is 0 Å². The van der Waals surface area contributed by atoms with Gasteiger partial charge in [0.1, 0.15) is 0 Å². The van der Waals surface area contributed by atoms with E-state index in [2.05, 4.69) is 5.32 Å². The van der Waals surface area contributed by atoms with Crippen molar-refractivity contribution in [3.05, 3.63) is 63.1 Å². The molecule has 0 aliphatic carbocycles. The third-order valence-electron chi connectivity index (χ3n) is 2.77. The van der Waals surface area contributed by atoms with Crippen LogP contribution in [0.25, 0.3) is 0 Å². The van der Waals surface area contributed by atoms with Crippen LogP contribution in [0.5, 0.6) is 0 Å². The molecule has 3 N–H and O–H groups in total. The Morgan fingerprint density at radius 2 is 1.74 bits per heavy atom. The second-order valence-corrected chi connectivity index (χ2v) is 5.33. The summed E-state index contributed by atoms with van der Waals surface area (Å²) in [5.74, 6) is 0. The van der Waals surface area contributed by atoms with E-state index in [0.717, 1.165) is 11.3 Å². The number of rotatable bonds is 4. The molecule has 0 aliphatic rings. The topological polar surface area (TPSA) is 38.0 Å². The third-order valence-corrected chi connectivity index (χ3v) is 3.68. The fourth-order valence-electron chi connectivity index (χ4n) is 1.81. The van der Waals surface area contributed by atoms with Gasteiger partial charge in [0, 0.05) is 16.6 Å². The molecule has 0 radical (unpaired) electrons. The van der Waals surface area contributed by atoms with Crippen molar-refractivity contribution in [2.75, 3.05) is 11.9 Å².